The van der Waals surface area contributed by atoms with E-state index < -0.39 is 12.0 Å². The molecule has 0 saturated carbocycles. The lowest BCUT2D eigenvalue weighted by molar-refractivity contribution is 0.0526. The standard InChI is InChI=1S/C25H21FN2O3/c1-2-31-25(30)18-5-3-7-20(15-18)28-22(17-8-11-19(26)12-9-17)21-13-10-16-6-4-14-27-23(16)24(21)29/h3-15,22,28-29H,2H2,1H3. The normalized spacial score (nSPS) is 11.8. The van der Waals surface area contributed by atoms with Gasteiger partial charge in [0.05, 0.1) is 18.2 Å². The smallest absolute Gasteiger partial charge is 0.338 e. The van der Waals surface area contributed by atoms with Crippen molar-refractivity contribution in [2.24, 2.45) is 0 Å². The fraction of sp³-hybridized carbons (Fsp3) is 0.120. The molecule has 0 radical (unpaired) electrons. The third kappa shape index (κ3) is 4.33. The number of carbonyl (C=O) groups is 1. The van der Waals surface area contributed by atoms with E-state index in [2.05, 4.69) is 10.3 Å². The molecule has 31 heavy (non-hydrogen) atoms. The molecular weight excluding hydrogens is 395 g/mol. The molecule has 0 aliphatic rings. The molecule has 156 valence electrons. The second-order valence-corrected chi connectivity index (χ2v) is 7.01. The zero-order chi connectivity index (χ0) is 21.8. The van der Waals surface area contributed by atoms with Gasteiger partial charge in [-0.3, -0.25) is 4.98 Å². The Morgan fingerprint density at radius 1 is 1.10 bits per heavy atom. The van der Waals surface area contributed by atoms with Crippen molar-refractivity contribution in [3.8, 4) is 5.75 Å². The molecule has 0 spiro atoms. The first-order valence-electron chi connectivity index (χ1n) is 9.92. The first kappa shape index (κ1) is 20.3. The van der Waals surface area contributed by atoms with E-state index in [9.17, 15) is 14.3 Å². The van der Waals surface area contributed by atoms with Crippen LogP contribution in [0.3, 0.4) is 0 Å². The molecule has 1 aromatic heterocycles. The van der Waals surface area contributed by atoms with E-state index in [1.807, 2.05) is 24.3 Å². The molecule has 0 saturated heterocycles. The van der Waals surface area contributed by atoms with Crippen molar-refractivity contribution in [2.75, 3.05) is 11.9 Å². The zero-order valence-corrected chi connectivity index (χ0v) is 16.9. The fourth-order valence-electron chi connectivity index (χ4n) is 3.49. The van der Waals surface area contributed by atoms with Crippen LogP contribution >= 0.6 is 0 Å². The number of pyridine rings is 1. The average Bonchev–Trinajstić information content (AvgIpc) is 2.79. The molecule has 5 nitrogen and oxygen atoms in total. The summed E-state index contributed by atoms with van der Waals surface area (Å²) in [6.07, 6.45) is 1.62. The summed E-state index contributed by atoms with van der Waals surface area (Å²) in [6, 6.07) is 19.8. The summed E-state index contributed by atoms with van der Waals surface area (Å²) < 4.78 is 18.6. The second kappa shape index (κ2) is 8.83. The van der Waals surface area contributed by atoms with E-state index in [0.29, 0.717) is 22.3 Å². The van der Waals surface area contributed by atoms with E-state index in [-0.39, 0.29) is 18.2 Å². The maximum absolute atomic E-state index is 13.6. The monoisotopic (exact) mass is 416 g/mol. The van der Waals surface area contributed by atoms with Gasteiger partial charge < -0.3 is 15.2 Å². The number of ether oxygens (including phenoxy) is 1. The van der Waals surface area contributed by atoms with E-state index in [1.54, 1.807) is 49.5 Å². The third-order valence-electron chi connectivity index (χ3n) is 4.98. The van der Waals surface area contributed by atoms with Gasteiger partial charge >= 0.3 is 5.97 Å². The van der Waals surface area contributed by atoms with Crippen molar-refractivity contribution in [1.82, 2.24) is 4.98 Å². The van der Waals surface area contributed by atoms with Crippen LogP contribution in [0.2, 0.25) is 0 Å². The fourth-order valence-corrected chi connectivity index (χ4v) is 3.49. The van der Waals surface area contributed by atoms with Gasteiger partial charge in [-0.2, -0.15) is 0 Å². The summed E-state index contributed by atoms with van der Waals surface area (Å²) in [4.78, 5) is 16.4. The minimum absolute atomic E-state index is 0.0430. The van der Waals surface area contributed by atoms with Crippen molar-refractivity contribution in [2.45, 2.75) is 13.0 Å². The van der Waals surface area contributed by atoms with E-state index in [0.717, 1.165) is 10.9 Å². The number of hydrogen-bond donors (Lipinski definition) is 2. The van der Waals surface area contributed by atoms with Crippen molar-refractivity contribution >= 4 is 22.6 Å². The van der Waals surface area contributed by atoms with E-state index >= 15 is 0 Å². The van der Waals surface area contributed by atoms with Crippen molar-refractivity contribution in [1.29, 1.82) is 0 Å². The Hall–Kier alpha value is -3.93. The maximum Gasteiger partial charge on any atom is 0.338 e. The minimum atomic E-state index is -0.510. The predicted octanol–water partition coefficient (Wildman–Crippen LogP) is 5.46. The number of benzene rings is 3. The van der Waals surface area contributed by atoms with Crippen LogP contribution < -0.4 is 5.32 Å². The Bertz CT molecular complexity index is 1230. The molecule has 1 heterocycles. The lowest BCUT2D eigenvalue weighted by Crippen LogP contribution is -2.14. The summed E-state index contributed by atoms with van der Waals surface area (Å²) in [7, 11) is 0. The van der Waals surface area contributed by atoms with E-state index in [1.165, 1.54) is 12.1 Å². The Morgan fingerprint density at radius 3 is 2.68 bits per heavy atom. The highest BCUT2D eigenvalue weighted by Crippen LogP contribution is 2.36. The Morgan fingerprint density at radius 2 is 1.90 bits per heavy atom. The molecule has 2 N–H and O–H groups in total. The lowest BCUT2D eigenvalue weighted by atomic mass is 9.95. The third-order valence-corrected chi connectivity index (χ3v) is 4.98. The van der Waals surface area contributed by atoms with Crippen LogP contribution in [0.15, 0.2) is 79.0 Å². The number of carbonyl (C=O) groups excluding carboxylic acids is 1. The summed E-state index contributed by atoms with van der Waals surface area (Å²) in [6.45, 7) is 2.04. The summed E-state index contributed by atoms with van der Waals surface area (Å²) >= 11 is 0. The quantitative estimate of drug-likeness (QED) is 0.409. The van der Waals surface area contributed by atoms with Gasteiger partial charge in [0.2, 0.25) is 0 Å². The van der Waals surface area contributed by atoms with Crippen molar-refractivity contribution in [3.63, 3.8) is 0 Å². The molecule has 0 fully saturated rings. The summed E-state index contributed by atoms with van der Waals surface area (Å²) in [5, 5.41) is 15.1. The number of nitrogens with zero attached hydrogens (tertiary/aromatic N) is 1. The number of aromatic hydroxyl groups is 1. The second-order valence-electron chi connectivity index (χ2n) is 7.01. The highest BCUT2D eigenvalue weighted by molar-refractivity contribution is 5.90. The first-order valence-corrected chi connectivity index (χ1v) is 9.92. The Balaban J connectivity index is 1.78. The molecule has 1 atom stereocenters. The highest BCUT2D eigenvalue weighted by Gasteiger charge is 2.20. The average molecular weight is 416 g/mol. The summed E-state index contributed by atoms with van der Waals surface area (Å²) in [5.41, 5.74) is 2.87. The zero-order valence-electron chi connectivity index (χ0n) is 16.9. The molecule has 6 heteroatoms. The predicted molar refractivity (Wildman–Crippen MR) is 118 cm³/mol. The highest BCUT2D eigenvalue weighted by atomic mass is 19.1. The van der Waals surface area contributed by atoms with Crippen LogP contribution in [0.25, 0.3) is 10.9 Å². The maximum atomic E-state index is 13.6. The SMILES string of the molecule is CCOC(=O)c1cccc(NC(c2ccc(F)cc2)c2ccc3cccnc3c2O)c1. The summed E-state index contributed by atoms with van der Waals surface area (Å²) in [5.74, 6) is -0.722. The van der Waals surface area contributed by atoms with Gasteiger partial charge in [0.1, 0.15) is 17.1 Å². The Kier molecular flexibility index (Phi) is 5.80. The number of phenols is 1. The molecule has 0 bridgehead atoms. The van der Waals surface area contributed by atoms with Gasteiger partial charge in [-0.1, -0.05) is 36.4 Å². The van der Waals surface area contributed by atoms with Crippen LogP contribution in [0.5, 0.6) is 5.75 Å². The van der Waals surface area contributed by atoms with Gasteiger partial charge in [0.25, 0.3) is 0 Å². The molecular formula is C25H21FN2O3. The topological polar surface area (TPSA) is 71.5 Å². The van der Waals surface area contributed by atoms with Crippen molar-refractivity contribution < 1.29 is 19.0 Å². The van der Waals surface area contributed by atoms with E-state index in [4.69, 9.17) is 4.74 Å². The van der Waals surface area contributed by atoms with Crippen LogP contribution in [0.1, 0.15) is 34.5 Å². The molecule has 0 aliphatic carbocycles. The molecule has 1 unspecified atom stereocenters. The molecule has 4 aromatic rings. The van der Waals surface area contributed by atoms with Gasteiger partial charge in [0.15, 0.2) is 0 Å². The molecule has 0 amide bonds. The first-order chi connectivity index (χ1) is 15.1. The molecule has 4 rings (SSSR count). The van der Waals surface area contributed by atoms with Crippen LogP contribution in [0, 0.1) is 5.82 Å². The number of hydrogen-bond acceptors (Lipinski definition) is 5. The van der Waals surface area contributed by atoms with Crippen molar-refractivity contribution in [3.05, 3.63) is 102 Å². The number of aromatic nitrogens is 1. The Labute approximate surface area is 179 Å². The molecule has 0 aliphatic heterocycles. The van der Waals surface area contributed by atoms with Crippen LogP contribution in [-0.2, 0) is 4.74 Å². The number of anilines is 1. The van der Waals surface area contributed by atoms with Crippen LogP contribution in [0.4, 0.5) is 10.1 Å². The number of esters is 1. The largest absolute Gasteiger partial charge is 0.505 e. The number of halogens is 1. The van der Waals surface area contributed by atoms with Gasteiger partial charge in [0, 0.05) is 22.8 Å². The number of rotatable bonds is 6. The lowest BCUT2D eigenvalue weighted by Gasteiger charge is -2.23. The van der Waals surface area contributed by atoms with Gasteiger partial charge in [-0.05, 0) is 48.9 Å². The number of phenolic OH excluding ortho intramolecular Hbond substituents is 1. The van der Waals surface area contributed by atoms with Crippen LogP contribution in [-0.4, -0.2) is 22.7 Å². The minimum Gasteiger partial charge on any atom is -0.505 e. The van der Waals surface area contributed by atoms with Gasteiger partial charge in [-0.15, -0.1) is 0 Å². The van der Waals surface area contributed by atoms with Gasteiger partial charge in [-0.25, -0.2) is 9.18 Å². The number of fused-ring (bicyclic) bond motifs is 1. The molecule has 3 aromatic carbocycles. The number of nitrogens with one attached hydrogen (secondary N) is 1.